The summed E-state index contributed by atoms with van der Waals surface area (Å²) in [7, 11) is 0. The molecular weight excluding hydrogens is 154 g/mol. The van der Waals surface area contributed by atoms with Crippen LogP contribution in [0.25, 0.3) is 11.2 Å². The van der Waals surface area contributed by atoms with E-state index >= 15 is 0 Å². The molecule has 0 unspecified atom stereocenters. The molecule has 5 nitrogen and oxygen atoms in total. The average molecular weight is 163 g/mol. The Balaban J connectivity index is 2.95. The number of aromatic nitrogens is 4. The van der Waals surface area contributed by atoms with Crippen molar-refractivity contribution < 1.29 is 0 Å². The third kappa shape index (κ3) is 0.761. The fourth-order valence-electron chi connectivity index (χ4n) is 1.13. The van der Waals surface area contributed by atoms with Crippen LogP contribution in [0.4, 0.5) is 0 Å². The third-order valence-electron chi connectivity index (χ3n) is 1.84. The molecule has 0 saturated carbocycles. The molecule has 5 heteroatoms. The first-order chi connectivity index (χ1) is 5.70. The first-order valence-corrected chi connectivity index (χ1v) is 3.62. The van der Waals surface area contributed by atoms with Gasteiger partial charge >= 0.3 is 0 Å². The van der Waals surface area contributed by atoms with Gasteiger partial charge in [-0.05, 0) is 13.8 Å². The Labute approximate surface area is 69.2 Å². The van der Waals surface area contributed by atoms with E-state index < -0.39 is 0 Å². The Morgan fingerprint density at radius 2 is 2.08 bits per heavy atom. The van der Waals surface area contributed by atoms with Crippen LogP contribution in [-0.2, 0) is 0 Å². The van der Waals surface area contributed by atoms with Crippen LogP contribution in [0.2, 0.25) is 0 Å². The highest BCUT2D eigenvalue weighted by molar-refractivity contribution is 5.73. The van der Waals surface area contributed by atoms with Crippen LogP contribution in [0.15, 0.2) is 6.33 Å². The summed E-state index contributed by atoms with van der Waals surface area (Å²) in [6.45, 7) is 3.72. The standard InChI is InChI=1S/C7H9N5/c1-4-6-7(10-3-9-4)12(8)5(2)11-6/h3H,8H2,1-2H3. The minimum Gasteiger partial charge on any atom is -0.336 e. The maximum atomic E-state index is 5.67. The van der Waals surface area contributed by atoms with E-state index in [4.69, 9.17) is 5.84 Å². The summed E-state index contributed by atoms with van der Waals surface area (Å²) >= 11 is 0. The summed E-state index contributed by atoms with van der Waals surface area (Å²) in [5.41, 5.74) is 2.31. The number of fused-ring (bicyclic) bond motifs is 1. The lowest BCUT2D eigenvalue weighted by molar-refractivity contribution is 0.940. The molecule has 0 radical (unpaired) electrons. The predicted molar refractivity (Wildman–Crippen MR) is 44.9 cm³/mol. The quantitative estimate of drug-likeness (QED) is 0.561. The predicted octanol–water partition coefficient (Wildman–Crippen LogP) is 0.157. The minimum absolute atomic E-state index is 0.681. The molecule has 0 aromatic carbocycles. The molecule has 0 fully saturated rings. The second-order valence-electron chi connectivity index (χ2n) is 2.66. The van der Waals surface area contributed by atoms with Crippen molar-refractivity contribution in [3.05, 3.63) is 17.8 Å². The van der Waals surface area contributed by atoms with E-state index in [1.807, 2.05) is 13.8 Å². The zero-order chi connectivity index (χ0) is 8.72. The molecule has 2 aromatic heterocycles. The van der Waals surface area contributed by atoms with Crippen molar-refractivity contribution in [2.45, 2.75) is 13.8 Å². The van der Waals surface area contributed by atoms with E-state index in [0.717, 1.165) is 17.0 Å². The molecule has 62 valence electrons. The van der Waals surface area contributed by atoms with Crippen LogP contribution in [0.1, 0.15) is 11.5 Å². The van der Waals surface area contributed by atoms with Gasteiger partial charge in [0, 0.05) is 0 Å². The largest absolute Gasteiger partial charge is 0.336 e. The van der Waals surface area contributed by atoms with E-state index in [1.165, 1.54) is 11.0 Å². The number of nitrogens with zero attached hydrogens (tertiary/aromatic N) is 4. The van der Waals surface area contributed by atoms with Crippen LogP contribution in [-0.4, -0.2) is 19.6 Å². The van der Waals surface area contributed by atoms with Crippen LogP contribution in [0.3, 0.4) is 0 Å². The lowest BCUT2D eigenvalue weighted by Gasteiger charge is -1.94. The van der Waals surface area contributed by atoms with Gasteiger partial charge < -0.3 is 5.84 Å². The van der Waals surface area contributed by atoms with Gasteiger partial charge in [0.2, 0.25) is 0 Å². The monoisotopic (exact) mass is 163 g/mol. The summed E-state index contributed by atoms with van der Waals surface area (Å²) in [4.78, 5) is 12.3. The number of nitrogens with two attached hydrogens (primary N) is 1. The van der Waals surface area contributed by atoms with Gasteiger partial charge in [0.05, 0.1) is 5.69 Å². The SMILES string of the molecule is Cc1ncnc2c1nc(C)n2N. The van der Waals surface area contributed by atoms with Crippen molar-refractivity contribution in [1.29, 1.82) is 0 Å². The van der Waals surface area contributed by atoms with E-state index in [0.29, 0.717) is 5.65 Å². The molecule has 2 heterocycles. The fourth-order valence-corrected chi connectivity index (χ4v) is 1.13. The Morgan fingerprint density at radius 3 is 2.75 bits per heavy atom. The Hall–Kier alpha value is -1.65. The van der Waals surface area contributed by atoms with Crippen molar-refractivity contribution in [2.24, 2.45) is 0 Å². The zero-order valence-corrected chi connectivity index (χ0v) is 6.94. The molecule has 0 bridgehead atoms. The average Bonchev–Trinajstić information content (AvgIpc) is 2.32. The Morgan fingerprint density at radius 1 is 1.33 bits per heavy atom. The maximum Gasteiger partial charge on any atom is 0.182 e. The second-order valence-corrected chi connectivity index (χ2v) is 2.66. The van der Waals surface area contributed by atoms with Gasteiger partial charge in [-0.15, -0.1) is 0 Å². The highest BCUT2D eigenvalue weighted by Gasteiger charge is 2.07. The number of imidazole rings is 1. The highest BCUT2D eigenvalue weighted by Crippen LogP contribution is 2.11. The second kappa shape index (κ2) is 2.17. The van der Waals surface area contributed by atoms with Gasteiger partial charge in [-0.2, -0.15) is 0 Å². The molecule has 12 heavy (non-hydrogen) atoms. The molecule has 0 aliphatic rings. The molecule has 2 N–H and O–H groups in total. The van der Waals surface area contributed by atoms with Gasteiger partial charge in [0.15, 0.2) is 5.65 Å². The van der Waals surface area contributed by atoms with Gasteiger partial charge in [-0.25, -0.2) is 19.6 Å². The van der Waals surface area contributed by atoms with Gasteiger partial charge in [0.25, 0.3) is 0 Å². The molecule has 0 spiro atoms. The number of hydrogen-bond acceptors (Lipinski definition) is 4. The molecule has 2 rings (SSSR count). The van der Waals surface area contributed by atoms with Crippen molar-refractivity contribution in [2.75, 3.05) is 5.84 Å². The van der Waals surface area contributed by atoms with Crippen LogP contribution < -0.4 is 5.84 Å². The normalized spacial score (nSPS) is 10.8. The number of aryl methyl sites for hydroxylation is 2. The van der Waals surface area contributed by atoms with E-state index in [2.05, 4.69) is 15.0 Å². The first kappa shape index (κ1) is 7.02. The lowest BCUT2D eigenvalue weighted by atomic mass is 10.4. The summed E-state index contributed by atoms with van der Waals surface area (Å²) in [6.07, 6.45) is 1.49. The van der Waals surface area contributed by atoms with E-state index in [1.54, 1.807) is 0 Å². The first-order valence-electron chi connectivity index (χ1n) is 3.62. The van der Waals surface area contributed by atoms with Crippen LogP contribution in [0.5, 0.6) is 0 Å². The third-order valence-corrected chi connectivity index (χ3v) is 1.84. The Kier molecular flexibility index (Phi) is 1.27. The highest BCUT2D eigenvalue weighted by atomic mass is 15.3. The van der Waals surface area contributed by atoms with Crippen molar-refractivity contribution >= 4 is 11.2 Å². The van der Waals surface area contributed by atoms with E-state index in [9.17, 15) is 0 Å². The molecule has 0 atom stereocenters. The molecule has 2 aromatic rings. The van der Waals surface area contributed by atoms with Crippen molar-refractivity contribution in [3.63, 3.8) is 0 Å². The maximum absolute atomic E-state index is 5.67. The summed E-state index contributed by atoms with van der Waals surface area (Å²) in [6, 6.07) is 0. The lowest BCUT2D eigenvalue weighted by Crippen LogP contribution is -2.10. The van der Waals surface area contributed by atoms with Gasteiger partial charge in [-0.1, -0.05) is 0 Å². The molecule has 0 saturated heterocycles. The fraction of sp³-hybridized carbons (Fsp3) is 0.286. The van der Waals surface area contributed by atoms with Crippen molar-refractivity contribution in [1.82, 2.24) is 19.6 Å². The number of rotatable bonds is 0. The topological polar surface area (TPSA) is 69.6 Å². The molecular formula is C7H9N5. The zero-order valence-electron chi connectivity index (χ0n) is 6.94. The van der Waals surface area contributed by atoms with Gasteiger partial charge in [-0.3, -0.25) is 0 Å². The van der Waals surface area contributed by atoms with Gasteiger partial charge in [0.1, 0.15) is 17.7 Å². The summed E-state index contributed by atoms with van der Waals surface area (Å²) in [5, 5.41) is 0. The molecule has 0 aliphatic heterocycles. The summed E-state index contributed by atoms with van der Waals surface area (Å²) < 4.78 is 1.46. The van der Waals surface area contributed by atoms with Crippen LogP contribution in [0, 0.1) is 13.8 Å². The van der Waals surface area contributed by atoms with Crippen LogP contribution >= 0.6 is 0 Å². The molecule has 0 amide bonds. The minimum atomic E-state index is 0.681. The Bertz CT molecular complexity index is 431. The number of nitrogen functional groups attached to an aromatic ring is 1. The smallest absolute Gasteiger partial charge is 0.182 e. The molecule has 0 aliphatic carbocycles. The van der Waals surface area contributed by atoms with E-state index in [-0.39, 0.29) is 0 Å². The number of hydrogen-bond donors (Lipinski definition) is 1. The summed E-state index contributed by atoms with van der Waals surface area (Å²) in [5.74, 6) is 6.42. The van der Waals surface area contributed by atoms with Crippen molar-refractivity contribution in [3.8, 4) is 0 Å².